The predicted molar refractivity (Wildman–Crippen MR) is 72.3 cm³/mol. The molecular weight excluding hydrogens is 304 g/mol. The fourth-order valence-corrected chi connectivity index (χ4v) is 2.05. The van der Waals surface area contributed by atoms with E-state index in [1.165, 1.54) is 0 Å². The van der Waals surface area contributed by atoms with Crippen LogP contribution in [0.5, 0.6) is 5.75 Å². The van der Waals surface area contributed by atoms with Crippen LogP contribution in [-0.4, -0.2) is 19.6 Å². The van der Waals surface area contributed by atoms with E-state index in [0.29, 0.717) is 10.2 Å². The molecule has 0 fully saturated rings. The molecule has 1 N–H and O–H groups in total. The van der Waals surface area contributed by atoms with Gasteiger partial charge in [-0.1, -0.05) is 13.0 Å². The molecule has 0 aliphatic carbocycles. The Hall–Kier alpha value is -0.680. The van der Waals surface area contributed by atoms with Crippen molar-refractivity contribution in [3.8, 4) is 5.75 Å². The van der Waals surface area contributed by atoms with E-state index < -0.39 is 13.0 Å². The van der Waals surface area contributed by atoms with E-state index in [-0.39, 0.29) is 6.04 Å². The van der Waals surface area contributed by atoms with Gasteiger partial charge in [-0.2, -0.15) is 0 Å². The van der Waals surface area contributed by atoms with Crippen LogP contribution in [0.2, 0.25) is 0 Å². The predicted octanol–water partition coefficient (Wildman–Crippen LogP) is 4.15. The molecule has 1 rings (SSSR count). The fraction of sp³-hybridized carbons (Fsp3) is 0.538. The first-order valence-corrected chi connectivity index (χ1v) is 6.77. The minimum Gasteiger partial charge on any atom is -0.486 e. The molecule has 0 aliphatic rings. The maximum absolute atomic E-state index is 12.0. The Kier molecular flexibility index (Phi) is 6.57. The molecule has 0 heterocycles. The van der Waals surface area contributed by atoms with Gasteiger partial charge in [-0.3, -0.25) is 0 Å². The van der Waals surface area contributed by atoms with E-state index >= 15 is 0 Å². The van der Waals surface area contributed by atoms with Crippen LogP contribution in [0.15, 0.2) is 22.7 Å². The highest BCUT2D eigenvalue weighted by Crippen LogP contribution is 2.28. The Balaban J connectivity index is 2.66. The summed E-state index contributed by atoms with van der Waals surface area (Å²) in [6.45, 7) is 4.54. The van der Waals surface area contributed by atoms with Crippen molar-refractivity contribution in [1.29, 1.82) is 0 Å². The number of hydrogen-bond donors (Lipinski definition) is 1. The molecule has 1 atom stereocenters. The lowest BCUT2D eigenvalue weighted by Crippen LogP contribution is -2.19. The number of hydrogen-bond acceptors (Lipinski definition) is 2. The first kappa shape index (κ1) is 15.4. The number of ether oxygens (including phenoxy) is 1. The van der Waals surface area contributed by atoms with E-state index in [1.54, 1.807) is 6.07 Å². The maximum Gasteiger partial charge on any atom is 0.272 e. The van der Waals surface area contributed by atoms with E-state index in [1.807, 2.05) is 12.1 Å². The summed E-state index contributed by atoms with van der Waals surface area (Å²) in [4.78, 5) is 0. The SMILES string of the molecule is CCCNC(C)c1ccc(OCC(F)F)c(Br)c1. The molecule has 0 amide bonds. The summed E-state index contributed by atoms with van der Waals surface area (Å²) >= 11 is 3.34. The molecule has 2 nitrogen and oxygen atoms in total. The van der Waals surface area contributed by atoms with Crippen molar-refractivity contribution < 1.29 is 13.5 Å². The van der Waals surface area contributed by atoms with Crippen molar-refractivity contribution in [3.05, 3.63) is 28.2 Å². The summed E-state index contributed by atoms with van der Waals surface area (Å²) < 4.78 is 29.8. The van der Waals surface area contributed by atoms with Crippen molar-refractivity contribution in [2.45, 2.75) is 32.7 Å². The first-order valence-electron chi connectivity index (χ1n) is 5.98. The van der Waals surface area contributed by atoms with Crippen LogP contribution in [0.25, 0.3) is 0 Å². The highest BCUT2D eigenvalue weighted by molar-refractivity contribution is 9.10. The molecule has 0 radical (unpaired) electrons. The van der Waals surface area contributed by atoms with E-state index in [2.05, 4.69) is 35.1 Å². The third-order valence-electron chi connectivity index (χ3n) is 2.52. The molecule has 5 heteroatoms. The van der Waals surface area contributed by atoms with Gasteiger partial charge in [0.1, 0.15) is 12.4 Å². The Morgan fingerprint density at radius 3 is 2.67 bits per heavy atom. The molecule has 1 unspecified atom stereocenters. The van der Waals surface area contributed by atoms with Crippen LogP contribution in [-0.2, 0) is 0 Å². The van der Waals surface area contributed by atoms with Crippen molar-refractivity contribution >= 4 is 15.9 Å². The molecule has 102 valence electrons. The molecule has 0 saturated heterocycles. The zero-order chi connectivity index (χ0) is 13.5. The Morgan fingerprint density at radius 1 is 1.39 bits per heavy atom. The molecule has 0 aromatic heterocycles. The van der Waals surface area contributed by atoms with Crippen molar-refractivity contribution in [2.24, 2.45) is 0 Å². The third-order valence-corrected chi connectivity index (χ3v) is 3.14. The topological polar surface area (TPSA) is 21.3 Å². The van der Waals surface area contributed by atoms with Crippen molar-refractivity contribution in [3.63, 3.8) is 0 Å². The number of benzene rings is 1. The standard InChI is InChI=1S/C13H18BrF2NO/c1-3-6-17-9(2)10-4-5-12(11(14)7-10)18-8-13(15)16/h4-5,7,9,13,17H,3,6,8H2,1-2H3. The largest absolute Gasteiger partial charge is 0.486 e. The van der Waals surface area contributed by atoms with Gasteiger partial charge >= 0.3 is 0 Å². The van der Waals surface area contributed by atoms with Gasteiger partial charge in [-0.15, -0.1) is 0 Å². The minimum atomic E-state index is -2.46. The molecule has 18 heavy (non-hydrogen) atoms. The lowest BCUT2D eigenvalue weighted by Gasteiger charge is -2.15. The second kappa shape index (κ2) is 7.69. The van der Waals surface area contributed by atoms with Gasteiger partial charge in [0.05, 0.1) is 4.47 Å². The summed E-state index contributed by atoms with van der Waals surface area (Å²) in [5.41, 5.74) is 1.10. The Morgan fingerprint density at radius 2 is 2.11 bits per heavy atom. The van der Waals surface area contributed by atoms with Crippen molar-refractivity contribution in [2.75, 3.05) is 13.2 Å². The zero-order valence-electron chi connectivity index (χ0n) is 10.6. The molecule has 1 aromatic carbocycles. The van der Waals surface area contributed by atoms with Gasteiger partial charge < -0.3 is 10.1 Å². The zero-order valence-corrected chi connectivity index (χ0v) is 12.1. The Bertz CT molecular complexity index is 374. The lowest BCUT2D eigenvalue weighted by molar-refractivity contribution is 0.0815. The second-order valence-corrected chi connectivity index (χ2v) is 4.92. The molecule has 1 aromatic rings. The molecule has 0 spiro atoms. The number of rotatable bonds is 7. The maximum atomic E-state index is 12.0. The molecular formula is C13H18BrF2NO. The number of halogens is 3. The second-order valence-electron chi connectivity index (χ2n) is 4.07. The van der Waals surface area contributed by atoms with Gasteiger partial charge in [-0.25, -0.2) is 8.78 Å². The monoisotopic (exact) mass is 321 g/mol. The fourth-order valence-electron chi connectivity index (χ4n) is 1.53. The average Bonchev–Trinajstić information content (AvgIpc) is 2.34. The summed E-state index contributed by atoms with van der Waals surface area (Å²) in [5, 5.41) is 3.36. The first-order chi connectivity index (χ1) is 8.54. The van der Waals surface area contributed by atoms with Crippen LogP contribution in [0.4, 0.5) is 8.78 Å². The Labute approximate surface area is 115 Å². The van der Waals surface area contributed by atoms with Crippen LogP contribution in [0.3, 0.4) is 0 Å². The van der Waals surface area contributed by atoms with Gasteiger partial charge in [0.15, 0.2) is 0 Å². The van der Waals surface area contributed by atoms with Gasteiger partial charge in [0.2, 0.25) is 0 Å². The van der Waals surface area contributed by atoms with Gasteiger partial charge in [-0.05, 0) is 53.5 Å². The van der Waals surface area contributed by atoms with E-state index in [4.69, 9.17) is 4.74 Å². The van der Waals surface area contributed by atoms with Crippen molar-refractivity contribution in [1.82, 2.24) is 5.32 Å². The van der Waals surface area contributed by atoms with Gasteiger partial charge in [0.25, 0.3) is 6.43 Å². The average molecular weight is 322 g/mol. The number of nitrogens with one attached hydrogen (secondary N) is 1. The smallest absolute Gasteiger partial charge is 0.272 e. The molecule has 0 aliphatic heterocycles. The van der Waals surface area contributed by atoms with E-state index in [9.17, 15) is 8.78 Å². The summed E-state index contributed by atoms with van der Waals surface area (Å²) in [5.74, 6) is 0.446. The molecule has 0 saturated carbocycles. The lowest BCUT2D eigenvalue weighted by atomic mass is 10.1. The van der Waals surface area contributed by atoms with Crippen LogP contribution in [0.1, 0.15) is 31.9 Å². The van der Waals surface area contributed by atoms with Crippen LogP contribution >= 0.6 is 15.9 Å². The highest BCUT2D eigenvalue weighted by Gasteiger charge is 2.10. The summed E-state index contributed by atoms with van der Waals surface area (Å²) in [6.07, 6.45) is -1.39. The van der Waals surface area contributed by atoms with Crippen LogP contribution in [0, 0.1) is 0 Å². The summed E-state index contributed by atoms with van der Waals surface area (Å²) in [7, 11) is 0. The van der Waals surface area contributed by atoms with Crippen LogP contribution < -0.4 is 10.1 Å². The third kappa shape index (κ3) is 4.90. The minimum absolute atomic E-state index is 0.227. The van der Waals surface area contributed by atoms with Gasteiger partial charge in [0, 0.05) is 6.04 Å². The highest BCUT2D eigenvalue weighted by atomic mass is 79.9. The molecule has 0 bridgehead atoms. The summed E-state index contributed by atoms with van der Waals surface area (Å²) in [6, 6.07) is 5.73. The van der Waals surface area contributed by atoms with E-state index in [0.717, 1.165) is 18.5 Å². The number of alkyl halides is 2. The normalized spacial score (nSPS) is 12.8. The quantitative estimate of drug-likeness (QED) is 0.814.